The summed E-state index contributed by atoms with van der Waals surface area (Å²) in [6.07, 6.45) is 6.97. The first-order chi connectivity index (χ1) is 20.3. The van der Waals surface area contributed by atoms with Crippen molar-refractivity contribution in [3.8, 4) is 5.75 Å². The normalized spacial score (nSPS) is 30.0. The van der Waals surface area contributed by atoms with E-state index in [0.717, 1.165) is 17.6 Å². The van der Waals surface area contributed by atoms with E-state index in [2.05, 4.69) is 32.2 Å². The number of nitrogens with one attached hydrogen (secondary N) is 1. The van der Waals surface area contributed by atoms with Gasteiger partial charge in [-0.3, -0.25) is 19.3 Å². The van der Waals surface area contributed by atoms with E-state index in [1.165, 1.54) is 4.90 Å². The first-order valence-corrected chi connectivity index (χ1v) is 14.9. The second kappa shape index (κ2) is 10.2. The molecule has 0 radical (unpaired) electrons. The number of benzene rings is 1. The van der Waals surface area contributed by atoms with E-state index in [0.29, 0.717) is 24.2 Å². The maximum atomic E-state index is 14.6. The minimum atomic E-state index is -2.75. The number of aliphatic hydroxyl groups is 3. The Labute approximate surface area is 257 Å². The van der Waals surface area contributed by atoms with Crippen LogP contribution in [0.15, 0.2) is 41.2 Å². The second-order valence-corrected chi connectivity index (χ2v) is 14.7. The highest BCUT2D eigenvalue weighted by Crippen LogP contribution is 2.63. The van der Waals surface area contributed by atoms with E-state index >= 15 is 0 Å². The van der Waals surface area contributed by atoms with Crippen LogP contribution in [-0.4, -0.2) is 75.1 Å². The average Bonchev–Trinajstić information content (AvgIpc) is 3.41. The Kier molecular flexibility index (Phi) is 7.31. The van der Waals surface area contributed by atoms with Crippen LogP contribution in [0.1, 0.15) is 69.7 Å². The molecule has 10 heteroatoms. The number of rotatable bonds is 6. The minimum absolute atomic E-state index is 0.0169. The van der Waals surface area contributed by atoms with Crippen LogP contribution >= 0.6 is 0 Å². The number of ketones is 2. The molecule has 0 spiro atoms. The standard InChI is InChI=1S/C34H43N3O7/c1-31(2,3)16-36-14-18-12-19(17-10-8-9-11-17)20-13-32(4)15-33(5)27(37(6)7)26(40)22(30(35)43)28(41)34(33,44)29(42)23(32)25(39)21(20)24(18)38/h8,10-12,27,36,38-39,41,44H,9,13-16H2,1-7H3,(H2,35,43)/t27-,32+,33+,34-/m1/s1. The van der Waals surface area contributed by atoms with E-state index < -0.39 is 57.0 Å². The summed E-state index contributed by atoms with van der Waals surface area (Å²) in [7, 11) is 3.18. The number of phenolic OH excluding ortho intramolecular Hbond substituents is 1. The second-order valence-electron chi connectivity index (χ2n) is 14.7. The van der Waals surface area contributed by atoms with Gasteiger partial charge >= 0.3 is 0 Å². The zero-order chi connectivity index (χ0) is 32.7. The number of carbonyl (C=O) groups is 3. The Bertz CT molecular complexity index is 1630. The number of Topliss-reactive ketones (excluding diaryl/α,β-unsaturated/α-hetero) is 2. The summed E-state index contributed by atoms with van der Waals surface area (Å²) in [6.45, 7) is 10.5. The Morgan fingerprint density at radius 2 is 1.82 bits per heavy atom. The molecule has 1 saturated carbocycles. The van der Waals surface area contributed by atoms with Gasteiger partial charge in [0, 0.05) is 35.1 Å². The molecule has 236 valence electrons. The molecule has 4 atom stereocenters. The van der Waals surface area contributed by atoms with Crippen LogP contribution < -0.4 is 11.1 Å². The average molecular weight is 606 g/mol. The van der Waals surface area contributed by atoms with Crippen molar-refractivity contribution in [1.82, 2.24) is 10.2 Å². The Morgan fingerprint density at radius 1 is 1.16 bits per heavy atom. The molecule has 4 aliphatic rings. The van der Waals surface area contributed by atoms with Gasteiger partial charge in [-0.15, -0.1) is 0 Å². The van der Waals surface area contributed by atoms with E-state index in [4.69, 9.17) is 5.73 Å². The molecule has 1 aromatic rings. The molecule has 4 aliphatic carbocycles. The van der Waals surface area contributed by atoms with Gasteiger partial charge in [0.05, 0.1) is 11.6 Å². The fraction of sp³-hybridized carbons (Fsp3) is 0.500. The monoisotopic (exact) mass is 605 g/mol. The number of likely N-dealkylation sites (N-methyl/N-ethyl adjacent to an activating group) is 1. The lowest BCUT2D eigenvalue weighted by Gasteiger charge is -2.59. The lowest BCUT2D eigenvalue weighted by atomic mass is 9.46. The van der Waals surface area contributed by atoms with Crippen molar-refractivity contribution in [1.29, 1.82) is 0 Å². The minimum Gasteiger partial charge on any atom is -0.508 e. The van der Waals surface area contributed by atoms with Crippen LogP contribution in [0.4, 0.5) is 0 Å². The fourth-order valence-electron chi connectivity index (χ4n) is 8.07. The molecule has 1 fully saturated rings. The summed E-state index contributed by atoms with van der Waals surface area (Å²) < 4.78 is 0. The summed E-state index contributed by atoms with van der Waals surface area (Å²) in [4.78, 5) is 42.1. The smallest absolute Gasteiger partial charge is 0.255 e. The highest BCUT2D eigenvalue weighted by molar-refractivity contribution is 6.25. The van der Waals surface area contributed by atoms with Gasteiger partial charge in [-0.2, -0.15) is 0 Å². The van der Waals surface area contributed by atoms with Crippen LogP contribution in [0.25, 0.3) is 11.3 Å². The van der Waals surface area contributed by atoms with Crippen LogP contribution in [0, 0.1) is 16.2 Å². The third-order valence-electron chi connectivity index (χ3n) is 9.76. The van der Waals surface area contributed by atoms with Gasteiger partial charge in [0.25, 0.3) is 5.91 Å². The molecule has 7 N–H and O–H groups in total. The maximum absolute atomic E-state index is 14.6. The van der Waals surface area contributed by atoms with Crippen LogP contribution in [-0.2, 0) is 27.3 Å². The Morgan fingerprint density at radius 3 is 2.36 bits per heavy atom. The third kappa shape index (κ3) is 4.37. The first-order valence-electron chi connectivity index (χ1n) is 14.9. The number of aliphatic hydroxyl groups excluding tert-OH is 2. The molecule has 0 saturated heterocycles. The molecule has 0 bridgehead atoms. The summed E-state index contributed by atoms with van der Waals surface area (Å²) in [5, 5.41) is 50.5. The van der Waals surface area contributed by atoms with E-state index in [1.807, 2.05) is 18.2 Å². The number of phenols is 1. The predicted molar refractivity (Wildman–Crippen MR) is 166 cm³/mol. The van der Waals surface area contributed by atoms with Crippen LogP contribution in [0.5, 0.6) is 5.75 Å². The fourth-order valence-corrected chi connectivity index (χ4v) is 8.07. The van der Waals surface area contributed by atoms with E-state index in [-0.39, 0.29) is 35.1 Å². The Hall–Kier alpha value is -3.73. The molecular formula is C34H43N3O7. The van der Waals surface area contributed by atoms with Crippen molar-refractivity contribution in [2.45, 2.75) is 72.1 Å². The molecule has 5 rings (SSSR count). The molecule has 0 unspecified atom stereocenters. The highest BCUT2D eigenvalue weighted by Gasteiger charge is 2.72. The number of hydrogen-bond acceptors (Lipinski definition) is 9. The van der Waals surface area contributed by atoms with Crippen LogP contribution in [0.3, 0.4) is 0 Å². The number of primary amides is 1. The van der Waals surface area contributed by atoms with Crippen LogP contribution in [0.2, 0.25) is 0 Å². The lowest BCUT2D eigenvalue weighted by molar-refractivity contribution is -0.176. The molecule has 0 aliphatic heterocycles. The summed E-state index contributed by atoms with van der Waals surface area (Å²) in [6, 6.07) is 0.720. The predicted octanol–water partition coefficient (Wildman–Crippen LogP) is 3.22. The molecule has 1 aromatic carbocycles. The first kappa shape index (κ1) is 31.7. The Balaban J connectivity index is 1.78. The molecule has 10 nitrogen and oxygen atoms in total. The summed E-state index contributed by atoms with van der Waals surface area (Å²) in [5.41, 5.74) is 1.97. The maximum Gasteiger partial charge on any atom is 0.255 e. The quantitative estimate of drug-likeness (QED) is 0.266. The van der Waals surface area contributed by atoms with Gasteiger partial charge in [0.2, 0.25) is 5.78 Å². The van der Waals surface area contributed by atoms with Crippen molar-refractivity contribution < 1.29 is 34.8 Å². The number of carbonyl (C=O) groups excluding carboxylic acids is 3. The zero-order valence-corrected chi connectivity index (χ0v) is 26.5. The lowest BCUT2D eigenvalue weighted by Crippen LogP contribution is -2.72. The highest BCUT2D eigenvalue weighted by atomic mass is 16.3. The summed E-state index contributed by atoms with van der Waals surface area (Å²) >= 11 is 0. The van der Waals surface area contributed by atoms with E-state index in [1.54, 1.807) is 27.9 Å². The van der Waals surface area contributed by atoms with Crippen molar-refractivity contribution in [3.05, 3.63) is 63.5 Å². The van der Waals surface area contributed by atoms with Crippen molar-refractivity contribution in [2.24, 2.45) is 22.0 Å². The number of nitrogens with two attached hydrogens (primary N) is 1. The number of fused-ring (bicyclic) bond motifs is 3. The number of allylic oxidation sites excluding steroid dienone is 4. The van der Waals surface area contributed by atoms with Gasteiger partial charge in [-0.05, 0) is 61.5 Å². The van der Waals surface area contributed by atoms with E-state index in [9.17, 15) is 34.8 Å². The molecule has 0 aromatic heterocycles. The van der Waals surface area contributed by atoms with Gasteiger partial charge in [0.1, 0.15) is 22.8 Å². The number of nitrogens with zero attached hydrogens (tertiary/aromatic N) is 1. The topological polar surface area (TPSA) is 173 Å². The van der Waals surface area contributed by atoms with Gasteiger partial charge < -0.3 is 31.5 Å². The SMILES string of the molecule is CN(C)[C@@H]1C(=O)C(C(N)=O)=C(O)[C@@]2(O)C(=O)C3=C(O)c4c(O)c(CNCC(C)(C)C)cc(C5=CCC=C5)c4C[C@@]3(C)C[C@@]12C. The molecule has 0 heterocycles. The molecule has 44 heavy (non-hydrogen) atoms. The number of aromatic hydroxyl groups is 1. The van der Waals surface area contributed by atoms with Gasteiger partial charge in [-0.25, -0.2) is 0 Å². The van der Waals surface area contributed by atoms with Gasteiger partial charge in [-0.1, -0.05) is 52.8 Å². The zero-order valence-electron chi connectivity index (χ0n) is 26.5. The van der Waals surface area contributed by atoms with Crippen molar-refractivity contribution >= 4 is 28.8 Å². The van der Waals surface area contributed by atoms with Crippen molar-refractivity contribution in [3.63, 3.8) is 0 Å². The molecular weight excluding hydrogens is 562 g/mol. The third-order valence-corrected chi connectivity index (χ3v) is 9.76. The largest absolute Gasteiger partial charge is 0.508 e. The van der Waals surface area contributed by atoms with Crippen molar-refractivity contribution in [2.75, 3.05) is 20.6 Å². The van der Waals surface area contributed by atoms with Gasteiger partial charge in [0.15, 0.2) is 11.4 Å². The summed E-state index contributed by atoms with van der Waals surface area (Å²) in [5.74, 6) is -4.89. The molecule has 1 amide bonds. The number of hydrogen-bond donors (Lipinski definition) is 6. The number of amides is 1.